The largest absolute Gasteiger partial charge is 0.235 e. The summed E-state index contributed by atoms with van der Waals surface area (Å²) in [6, 6.07) is 13.4. The summed E-state index contributed by atoms with van der Waals surface area (Å²) in [5.74, 6) is 0.626. The van der Waals surface area contributed by atoms with E-state index < -0.39 is 0 Å². The van der Waals surface area contributed by atoms with Crippen LogP contribution < -0.4 is 0 Å². The average molecular weight is 489 g/mol. The van der Waals surface area contributed by atoms with Crippen molar-refractivity contribution in [3.63, 3.8) is 0 Å². The van der Waals surface area contributed by atoms with Crippen LogP contribution in [0, 0.1) is 5.92 Å². The Bertz CT molecular complexity index is 1470. The van der Waals surface area contributed by atoms with Crippen LogP contribution in [-0.2, 0) is 11.8 Å². The van der Waals surface area contributed by atoms with Gasteiger partial charge in [0, 0.05) is 20.5 Å². The third-order valence-electron chi connectivity index (χ3n) is 6.01. The van der Waals surface area contributed by atoms with E-state index in [0.717, 1.165) is 33.8 Å². The van der Waals surface area contributed by atoms with Gasteiger partial charge in [0.25, 0.3) is 0 Å². The van der Waals surface area contributed by atoms with Crippen molar-refractivity contribution in [2.75, 3.05) is 0 Å². The summed E-state index contributed by atoms with van der Waals surface area (Å²) in [4.78, 5) is 10.2. The van der Waals surface area contributed by atoms with Gasteiger partial charge in [0.05, 0.1) is 16.3 Å². The van der Waals surface area contributed by atoms with Crippen LogP contribution in [0.25, 0.3) is 42.7 Å². The SMILES string of the molecule is CC(C)Cc1csc2ccc(-c3ncnc(-c4cc(C(C)(C)C)c5sccc5c4)c3S)cc12. The second kappa shape index (κ2) is 8.53. The number of thiol groups is 1. The molecule has 5 heteroatoms. The standard InChI is InChI=1S/C28H28N2S3/c1-16(2)10-20-14-33-23-7-6-17(12-21(20)23)24-26(31)25(30-15-29-24)19-11-18-8-9-32-27(18)22(13-19)28(3,4)5/h6-9,11-16,31H,10H2,1-5H3. The van der Waals surface area contributed by atoms with Crippen LogP contribution >= 0.6 is 35.3 Å². The lowest BCUT2D eigenvalue weighted by atomic mass is 9.85. The molecule has 168 valence electrons. The molecular formula is C28H28N2S3. The molecule has 2 aromatic carbocycles. The minimum Gasteiger partial charge on any atom is -0.235 e. The Labute approximate surface area is 209 Å². The van der Waals surface area contributed by atoms with Gasteiger partial charge in [0.1, 0.15) is 6.33 Å². The number of benzene rings is 2. The Balaban J connectivity index is 1.65. The molecule has 5 rings (SSSR count). The molecule has 0 bridgehead atoms. The van der Waals surface area contributed by atoms with E-state index in [4.69, 9.17) is 12.6 Å². The number of aromatic nitrogens is 2. The summed E-state index contributed by atoms with van der Waals surface area (Å²) in [6.07, 6.45) is 2.76. The Kier molecular flexibility index (Phi) is 5.84. The molecule has 0 aliphatic rings. The van der Waals surface area contributed by atoms with Crippen molar-refractivity contribution in [1.29, 1.82) is 0 Å². The fraction of sp³-hybridized carbons (Fsp3) is 0.286. The summed E-state index contributed by atoms with van der Waals surface area (Å²) in [5.41, 5.74) is 6.76. The van der Waals surface area contributed by atoms with Crippen molar-refractivity contribution in [2.24, 2.45) is 5.92 Å². The van der Waals surface area contributed by atoms with Crippen molar-refractivity contribution in [3.8, 4) is 22.5 Å². The summed E-state index contributed by atoms with van der Waals surface area (Å²) < 4.78 is 2.67. The summed E-state index contributed by atoms with van der Waals surface area (Å²) >= 11 is 8.59. The lowest BCUT2D eigenvalue weighted by Crippen LogP contribution is -2.11. The maximum absolute atomic E-state index is 4.96. The monoisotopic (exact) mass is 488 g/mol. The molecule has 0 spiro atoms. The molecule has 2 nitrogen and oxygen atoms in total. The highest BCUT2D eigenvalue weighted by Gasteiger charge is 2.21. The first-order valence-corrected chi connectivity index (χ1v) is 13.5. The molecular weight excluding hydrogens is 461 g/mol. The van der Waals surface area contributed by atoms with Crippen molar-refractivity contribution < 1.29 is 0 Å². The topological polar surface area (TPSA) is 25.8 Å². The molecule has 0 saturated carbocycles. The molecule has 3 heterocycles. The molecule has 0 saturated heterocycles. The molecule has 5 aromatic rings. The predicted molar refractivity (Wildman–Crippen MR) is 148 cm³/mol. The van der Waals surface area contributed by atoms with Crippen LogP contribution in [0.5, 0.6) is 0 Å². The average Bonchev–Trinajstić information content (AvgIpc) is 3.39. The molecule has 0 aliphatic heterocycles. The summed E-state index contributed by atoms with van der Waals surface area (Å²) in [7, 11) is 0. The molecule has 3 aromatic heterocycles. The molecule has 0 aliphatic carbocycles. The van der Waals surface area contributed by atoms with Crippen molar-refractivity contribution in [3.05, 3.63) is 64.6 Å². The summed E-state index contributed by atoms with van der Waals surface area (Å²) in [5, 5.41) is 7.05. The van der Waals surface area contributed by atoms with Crippen molar-refractivity contribution in [1.82, 2.24) is 9.97 Å². The van der Waals surface area contributed by atoms with Gasteiger partial charge in [-0.05, 0) is 80.7 Å². The number of rotatable bonds is 4. The van der Waals surface area contributed by atoms with E-state index in [1.165, 1.54) is 31.3 Å². The van der Waals surface area contributed by atoms with Crippen molar-refractivity contribution >= 4 is 55.5 Å². The number of nitrogens with zero attached hydrogens (tertiary/aromatic N) is 2. The van der Waals surface area contributed by atoms with Crippen LogP contribution in [0.1, 0.15) is 45.7 Å². The van der Waals surface area contributed by atoms with E-state index in [1.807, 2.05) is 11.3 Å². The molecule has 0 radical (unpaired) electrons. The van der Waals surface area contributed by atoms with Gasteiger partial charge >= 0.3 is 0 Å². The van der Waals surface area contributed by atoms with Gasteiger partial charge in [-0.3, -0.25) is 0 Å². The zero-order valence-corrected chi connectivity index (χ0v) is 22.2. The second-order valence-corrected chi connectivity index (χ2v) is 12.4. The maximum atomic E-state index is 4.96. The summed E-state index contributed by atoms with van der Waals surface area (Å²) in [6.45, 7) is 11.3. The van der Waals surface area contributed by atoms with Gasteiger partial charge in [0.15, 0.2) is 0 Å². The van der Waals surface area contributed by atoms with Crippen LogP contribution in [-0.4, -0.2) is 9.97 Å². The molecule has 0 fully saturated rings. The first-order valence-electron chi connectivity index (χ1n) is 11.3. The molecule has 0 amide bonds. The first kappa shape index (κ1) is 22.6. The van der Waals surface area contributed by atoms with E-state index in [0.29, 0.717) is 5.92 Å². The van der Waals surface area contributed by atoms with E-state index in [1.54, 1.807) is 17.7 Å². The van der Waals surface area contributed by atoms with Crippen LogP contribution in [0.15, 0.2) is 58.4 Å². The van der Waals surface area contributed by atoms with E-state index >= 15 is 0 Å². The highest BCUT2D eigenvalue weighted by Crippen LogP contribution is 2.40. The number of hydrogen-bond acceptors (Lipinski definition) is 5. The quantitative estimate of drug-likeness (QED) is 0.255. The Morgan fingerprint density at radius 2 is 1.70 bits per heavy atom. The zero-order valence-electron chi connectivity index (χ0n) is 19.6. The normalized spacial score (nSPS) is 12.3. The van der Waals surface area contributed by atoms with E-state index in [9.17, 15) is 0 Å². The lowest BCUT2D eigenvalue weighted by Gasteiger charge is -2.21. The third kappa shape index (κ3) is 4.23. The lowest BCUT2D eigenvalue weighted by molar-refractivity contribution is 0.597. The number of hydrogen-bond donors (Lipinski definition) is 1. The molecule has 0 atom stereocenters. The third-order valence-corrected chi connectivity index (χ3v) is 8.41. The predicted octanol–water partition coefficient (Wildman–Crippen LogP) is 9.02. The van der Waals surface area contributed by atoms with Gasteiger partial charge in [-0.1, -0.05) is 40.7 Å². The second-order valence-electron chi connectivity index (χ2n) is 10.1. The highest BCUT2D eigenvalue weighted by atomic mass is 32.1. The number of thiophene rings is 2. The Morgan fingerprint density at radius 1 is 0.939 bits per heavy atom. The van der Waals surface area contributed by atoms with Crippen LogP contribution in [0.3, 0.4) is 0 Å². The van der Waals surface area contributed by atoms with E-state index in [-0.39, 0.29) is 5.41 Å². The number of fused-ring (bicyclic) bond motifs is 2. The fourth-order valence-electron chi connectivity index (χ4n) is 4.40. The minimum atomic E-state index is 0.0442. The van der Waals surface area contributed by atoms with Gasteiger partial charge in [-0.15, -0.1) is 35.3 Å². The molecule has 0 unspecified atom stereocenters. The van der Waals surface area contributed by atoms with Crippen LogP contribution in [0.4, 0.5) is 0 Å². The fourth-order valence-corrected chi connectivity index (χ4v) is 6.84. The minimum absolute atomic E-state index is 0.0442. The molecule has 33 heavy (non-hydrogen) atoms. The van der Waals surface area contributed by atoms with Gasteiger partial charge in [-0.2, -0.15) is 0 Å². The van der Waals surface area contributed by atoms with E-state index in [2.05, 4.69) is 91.7 Å². The first-order chi connectivity index (χ1) is 15.7. The van der Waals surface area contributed by atoms with Gasteiger partial charge in [0.2, 0.25) is 0 Å². The maximum Gasteiger partial charge on any atom is 0.116 e. The van der Waals surface area contributed by atoms with Crippen LogP contribution in [0.2, 0.25) is 0 Å². The highest BCUT2D eigenvalue weighted by molar-refractivity contribution is 7.80. The Morgan fingerprint density at radius 3 is 2.42 bits per heavy atom. The van der Waals surface area contributed by atoms with Gasteiger partial charge in [-0.25, -0.2) is 9.97 Å². The molecule has 0 N–H and O–H groups in total. The Hall–Kier alpha value is -2.21. The zero-order chi connectivity index (χ0) is 23.3. The van der Waals surface area contributed by atoms with Gasteiger partial charge < -0.3 is 0 Å². The van der Waals surface area contributed by atoms with Crippen molar-refractivity contribution in [2.45, 2.75) is 51.3 Å². The smallest absolute Gasteiger partial charge is 0.116 e.